The predicted molar refractivity (Wildman–Crippen MR) is 257 cm³/mol. The van der Waals surface area contributed by atoms with Crippen molar-refractivity contribution < 1.29 is 52.7 Å². The van der Waals surface area contributed by atoms with E-state index >= 15 is 0 Å². The van der Waals surface area contributed by atoms with Crippen LogP contribution in [0.25, 0.3) is 22.5 Å². The number of aryl methyl sites for hydroxylation is 2. The maximum absolute atomic E-state index is 13.5. The molecule has 372 valence electrons. The van der Waals surface area contributed by atoms with Crippen LogP contribution in [-0.2, 0) is 32.4 Å². The fraction of sp³-hybridized carbons (Fsp3) is 0.208. The number of alkyl halides is 6. The summed E-state index contributed by atoms with van der Waals surface area (Å²) in [7, 11) is -7.98. The number of rotatable bonds is 10. The van der Waals surface area contributed by atoms with E-state index < -0.39 is 43.5 Å². The number of anilines is 2. The minimum Gasteiger partial charge on any atom is -0.493 e. The van der Waals surface area contributed by atoms with Crippen LogP contribution in [0.1, 0.15) is 68.1 Å². The number of fused-ring (bicyclic) bond motifs is 2. The van der Waals surface area contributed by atoms with E-state index in [0.717, 1.165) is 34.3 Å². The fourth-order valence-corrected chi connectivity index (χ4v) is 11.4. The Bertz CT molecular complexity index is 3280. The Morgan fingerprint density at radius 1 is 0.542 bits per heavy atom. The lowest BCUT2D eigenvalue weighted by atomic mass is 9.83. The van der Waals surface area contributed by atoms with E-state index in [-0.39, 0.29) is 46.7 Å². The number of hydrogen-bond donors (Lipinski definition) is 2. The largest absolute Gasteiger partial charge is 0.493 e. The number of hydrogen-bond acceptors (Lipinski definition) is 14. The second-order valence-electron chi connectivity index (χ2n) is 16.2. The first-order chi connectivity index (χ1) is 34.2. The number of thiazole rings is 2. The van der Waals surface area contributed by atoms with Crippen molar-refractivity contribution in [2.75, 3.05) is 22.7 Å². The van der Waals surface area contributed by atoms with E-state index in [9.17, 15) is 43.2 Å². The molecule has 72 heavy (non-hydrogen) atoms. The molecule has 0 unspecified atom stereocenters. The second kappa shape index (κ2) is 19.9. The van der Waals surface area contributed by atoms with Crippen LogP contribution in [0.2, 0.25) is 0 Å². The molecule has 6 heterocycles. The number of nitrogens with zero attached hydrogens (tertiary/aromatic N) is 6. The molecule has 8 aromatic rings. The maximum atomic E-state index is 13.5. The summed E-state index contributed by atoms with van der Waals surface area (Å²) < 4.78 is 149. The van der Waals surface area contributed by atoms with Crippen molar-refractivity contribution in [3.05, 3.63) is 164 Å². The summed E-state index contributed by atoms with van der Waals surface area (Å²) in [5.74, 6) is -0.0545. The molecule has 10 rings (SSSR count). The molecule has 2 atom stereocenters. The Balaban J connectivity index is 0.000000178. The molecule has 0 radical (unpaired) electrons. The van der Waals surface area contributed by atoms with Gasteiger partial charge in [0.25, 0.3) is 20.0 Å². The molecular formula is C48H38F6N8O6S4. The topological polar surface area (TPSA) is 188 Å². The zero-order valence-electron chi connectivity index (χ0n) is 37.6. The van der Waals surface area contributed by atoms with E-state index in [0.29, 0.717) is 69.1 Å². The first-order valence-corrected chi connectivity index (χ1v) is 26.4. The van der Waals surface area contributed by atoms with Gasteiger partial charge in [0, 0.05) is 81.8 Å². The molecule has 0 spiro atoms. The Morgan fingerprint density at radius 2 is 0.917 bits per heavy atom. The number of benzene rings is 4. The van der Waals surface area contributed by atoms with Gasteiger partial charge >= 0.3 is 12.4 Å². The van der Waals surface area contributed by atoms with Crippen molar-refractivity contribution in [1.29, 1.82) is 0 Å². The Morgan fingerprint density at radius 3 is 1.26 bits per heavy atom. The van der Waals surface area contributed by atoms with Crippen molar-refractivity contribution in [2.24, 2.45) is 0 Å². The molecule has 4 aromatic heterocycles. The van der Waals surface area contributed by atoms with Crippen LogP contribution in [0.4, 0.5) is 38.2 Å². The molecule has 2 aliphatic heterocycles. The average Bonchev–Trinajstić information content (AvgIpc) is 4.00. The third-order valence-electron chi connectivity index (χ3n) is 11.6. The summed E-state index contributed by atoms with van der Waals surface area (Å²) in [6.07, 6.45) is -2.32. The van der Waals surface area contributed by atoms with Crippen LogP contribution in [0.3, 0.4) is 0 Å². The van der Waals surface area contributed by atoms with Crippen LogP contribution >= 0.6 is 22.7 Å². The molecule has 0 aliphatic carbocycles. The molecule has 0 amide bonds. The minimum absolute atomic E-state index is 0.0443. The summed E-state index contributed by atoms with van der Waals surface area (Å²) >= 11 is 2.72. The van der Waals surface area contributed by atoms with E-state index in [1.807, 2.05) is 0 Å². The van der Waals surface area contributed by atoms with Gasteiger partial charge in [-0.15, -0.1) is 22.7 Å². The van der Waals surface area contributed by atoms with Crippen LogP contribution in [-0.4, -0.2) is 60.0 Å². The van der Waals surface area contributed by atoms with Crippen LogP contribution in [0, 0.1) is 13.8 Å². The van der Waals surface area contributed by atoms with Crippen molar-refractivity contribution in [3.8, 4) is 34.0 Å². The highest BCUT2D eigenvalue weighted by Gasteiger charge is 2.36. The van der Waals surface area contributed by atoms with Gasteiger partial charge in [0.2, 0.25) is 11.9 Å². The van der Waals surface area contributed by atoms with Crippen molar-refractivity contribution in [3.63, 3.8) is 0 Å². The fourth-order valence-electron chi connectivity index (χ4n) is 8.27. The van der Waals surface area contributed by atoms with Crippen molar-refractivity contribution >= 4 is 54.6 Å². The summed E-state index contributed by atoms with van der Waals surface area (Å²) in [5.41, 5.74) is 2.93. The molecule has 0 saturated heterocycles. The number of sulfonamides is 2. The third kappa shape index (κ3) is 10.9. The van der Waals surface area contributed by atoms with Gasteiger partial charge in [0.15, 0.2) is 0 Å². The number of nitrogens with one attached hydrogen (secondary N) is 2. The number of halogens is 6. The lowest BCUT2D eigenvalue weighted by Gasteiger charge is -2.28. The highest BCUT2D eigenvalue weighted by molar-refractivity contribution is 7.93. The lowest BCUT2D eigenvalue weighted by molar-refractivity contribution is -0.138. The normalized spacial score (nSPS) is 15.7. The van der Waals surface area contributed by atoms with Gasteiger partial charge in [0.05, 0.1) is 55.5 Å². The molecule has 14 nitrogen and oxygen atoms in total. The highest BCUT2D eigenvalue weighted by atomic mass is 32.2. The Labute approximate surface area is 416 Å². The predicted octanol–water partition coefficient (Wildman–Crippen LogP) is 11.3. The van der Waals surface area contributed by atoms with Crippen LogP contribution < -0.4 is 18.9 Å². The summed E-state index contributed by atoms with van der Waals surface area (Å²) in [4.78, 5) is 24.3. The van der Waals surface area contributed by atoms with Gasteiger partial charge in [-0.05, 0) is 86.3 Å². The summed E-state index contributed by atoms with van der Waals surface area (Å²) in [5, 5.41) is 4.96. The lowest BCUT2D eigenvalue weighted by Crippen LogP contribution is -2.19. The van der Waals surface area contributed by atoms with Gasteiger partial charge in [0.1, 0.15) is 11.5 Å². The zero-order chi connectivity index (χ0) is 51.0. The van der Waals surface area contributed by atoms with Gasteiger partial charge in [-0.3, -0.25) is 0 Å². The number of aromatic nitrogens is 6. The summed E-state index contributed by atoms with van der Waals surface area (Å²) in [6, 6.07) is 19.4. The molecular weight excluding hydrogens is 1030 g/mol. The summed E-state index contributed by atoms with van der Waals surface area (Å²) in [6.45, 7) is 4.13. The standard InChI is InChI=1S/2C24H19F3N4O3S2/c2*1-14-30-21(13-35-14)20-11-15(24(25,26)27)3-5-17(20)18-7-10-34-22-12-16(4-6-19(18)22)36(32,33)31-23-28-8-2-9-29-23/h2*2-6,8-9,11-13,18H,7,10H2,1H3,(H,28,29,31)/t2*18-/m10/s1. The molecule has 24 heteroatoms. The van der Waals surface area contributed by atoms with Gasteiger partial charge in [-0.25, -0.2) is 56.2 Å². The van der Waals surface area contributed by atoms with Gasteiger partial charge in [-0.1, -0.05) is 24.3 Å². The van der Waals surface area contributed by atoms with E-state index in [4.69, 9.17) is 9.47 Å². The molecule has 0 fully saturated rings. The second-order valence-corrected chi connectivity index (χ2v) is 21.7. The smallest absolute Gasteiger partial charge is 0.416 e. The van der Waals surface area contributed by atoms with E-state index in [2.05, 4.69) is 39.3 Å². The van der Waals surface area contributed by atoms with Gasteiger partial charge in [-0.2, -0.15) is 26.3 Å². The first-order valence-electron chi connectivity index (χ1n) is 21.6. The molecule has 0 bridgehead atoms. The van der Waals surface area contributed by atoms with Crippen LogP contribution in [0.5, 0.6) is 11.5 Å². The monoisotopic (exact) mass is 1060 g/mol. The molecule has 2 N–H and O–H groups in total. The highest BCUT2D eigenvalue weighted by Crippen LogP contribution is 2.46. The third-order valence-corrected chi connectivity index (χ3v) is 15.8. The molecule has 4 aromatic carbocycles. The van der Waals surface area contributed by atoms with Crippen molar-refractivity contribution in [1.82, 2.24) is 29.9 Å². The molecule has 2 aliphatic rings. The van der Waals surface area contributed by atoms with Gasteiger partial charge < -0.3 is 9.47 Å². The average molecular weight is 1070 g/mol. The molecule has 0 saturated carbocycles. The number of ether oxygens (including phenoxy) is 2. The Hall–Kier alpha value is -7.02. The SMILES string of the molecule is Cc1nc(-c2cc(C(F)(F)F)ccc2[C@@H]2CCOc3cc(S(=O)(=O)Nc4ncccn4)ccc32)cs1.Cc1nc(-c2cc(C(F)(F)F)ccc2[C@H]2CCOc3cc(S(=O)(=O)Nc4ncccn4)ccc32)cs1. The maximum Gasteiger partial charge on any atom is 0.416 e. The van der Waals surface area contributed by atoms with Crippen molar-refractivity contribution in [2.45, 2.75) is 60.7 Å². The van der Waals surface area contributed by atoms with Crippen LogP contribution in [0.15, 0.2) is 130 Å². The minimum atomic E-state index is -4.50. The Kier molecular flexibility index (Phi) is 13.8. The first kappa shape index (κ1) is 49.9. The zero-order valence-corrected chi connectivity index (χ0v) is 40.8. The quantitative estimate of drug-likeness (QED) is 0.124. The van der Waals surface area contributed by atoms with E-state index in [1.54, 1.807) is 48.9 Å². The van der Waals surface area contributed by atoms with E-state index in [1.165, 1.54) is 83.9 Å².